The molecule has 0 unspecified atom stereocenters. The van der Waals surface area contributed by atoms with Gasteiger partial charge in [-0.05, 0) is 36.5 Å². The van der Waals surface area contributed by atoms with Crippen LogP contribution in [0.3, 0.4) is 0 Å². The quantitative estimate of drug-likeness (QED) is 0.632. The maximum atomic E-state index is 9.56. The number of rotatable bonds is 1. The Morgan fingerprint density at radius 2 is 1.30 bits per heavy atom. The van der Waals surface area contributed by atoms with Crippen molar-refractivity contribution in [2.75, 3.05) is 0 Å². The zero-order valence-electron chi connectivity index (χ0n) is 12.4. The van der Waals surface area contributed by atoms with Crippen molar-refractivity contribution in [3.05, 3.63) is 28.8 Å². The molecule has 1 N–H and O–H groups in total. The molecule has 0 heterocycles. The standard InChI is InChI=1S/C18H27ClO/c19-17-14-16(12-13-18(17)20)15-10-8-6-4-2-1-3-5-7-9-11-15/h12-15,20H,1-11H2. The normalized spacial score (nSPS) is 20.1. The van der Waals surface area contributed by atoms with Crippen LogP contribution in [0.5, 0.6) is 5.75 Å². The summed E-state index contributed by atoms with van der Waals surface area (Å²) in [5.41, 5.74) is 1.31. The van der Waals surface area contributed by atoms with Gasteiger partial charge in [0.1, 0.15) is 5.75 Å². The van der Waals surface area contributed by atoms with Crippen molar-refractivity contribution in [3.8, 4) is 5.75 Å². The van der Waals surface area contributed by atoms with E-state index in [4.69, 9.17) is 11.6 Å². The molecule has 0 aromatic heterocycles. The van der Waals surface area contributed by atoms with Crippen LogP contribution in [0.4, 0.5) is 0 Å². The predicted molar refractivity (Wildman–Crippen MR) is 86.6 cm³/mol. The first-order valence-corrected chi connectivity index (χ1v) is 8.63. The summed E-state index contributed by atoms with van der Waals surface area (Å²) >= 11 is 6.06. The van der Waals surface area contributed by atoms with Crippen LogP contribution in [0.2, 0.25) is 5.02 Å². The van der Waals surface area contributed by atoms with E-state index >= 15 is 0 Å². The summed E-state index contributed by atoms with van der Waals surface area (Å²) in [7, 11) is 0. The van der Waals surface area contributed by atoms with E-state index < -0.39 is 0 Å². The second kappa shape index (κ2) is 8.56. The van der Waals surface area contributed by atoms with Gasteiger partial charge in [-0.1, -0.05) is 75.5 Å². The van der Waals surface area contributed by atoms with E-state index in [1.807, 2.05) is 6.07 Å². The molecule has 1 saturated carbocycles. The zero-order valence-corrected chi connectivity index (χ0v) is 13.2. The smallest absolute Gasteiger partial charge is 0.134 e. The van der Waals surface area contributed by atoms with Gasteiger partial charge in [-0.3, -0.25) is 0 Å². The molecule has 0 aliphatic heterocycles. The molecule has 0 bridgehead atoms. The van der Waals surface area contributed by atoms with Gasteiger partial charge in [0.25, 0.3) is 0 Å². The summed E-state index contributed by atoms with van der Waals surface area (Å²) in [5.74, 6) is 0.816. The third kappa shape index (κ3) is 5.01. The number of benzene rings is 1. The van der Waals surface area contributed by atoms with Crippen LogP contribution in [0.25, 0.3) is 0 Å². The molecule has 1 aliphatic carbocycles. The minimum absolute atomic E-state index is 0.198. The molecule has 0 amide bonds. The molecule has 1 aromatic carbocycles. The minimum atomic E-state index is 0.198. The number of aromatic hydroxyl groups is 1. The van der Waals surface area contributed by atoms with Crippen LogP contribution in [-0.2, 0) is 0 Å². The van der Waals surface area contributed by atoms with E-state index in [1.54, 1.807) is 6.07 Å². The molecule has 0 saturated heterocycles. The lowest BCUT2D eigenvalue weighted by atomic mass is 9.87. The Morgan fingerprint density at radius 3 is 1.80 bits per heavy atom. The highest BCUT2D eigenvalue weighted by Crippen LogP contribution is 2.33. The SMILES string of the molecule is Oc1ccc(C2CCCCCCCCCCC2)cc1Cl. The van der Waals surface area contributed by atoms with E-state index in [9.17, 15) is 5.11 Å². The van der Waals surface area contributed by atoms with Crippen LogP contribution >= 0.6 is 11.6 Å². The van der Waals surface area contributed by atoms with Crippen molar-refractivity contribution < 1.29 is 5.11 Å². The molecule has 1 aromatic rings. The van der Waals surface area contributed by atoms with Crippen LogP contribution in [0.1, 0.15) is 82.1 Å². The second-order valence-electron chi connectivity index (χ2n) is 6.17. The molecule has 1 nitrogen and oxygen atoms in total. The average Bonchev–Trinajstić information content (AvgIpc) is 2.43. The third-order valence-electron chi connectivity index (χ3n) is 4.55. The Labute approximate surface area is 128 Å². The zero-order chi connectivity index (χ0) is 14.2. The van der Waals surface area contributed by atoms with Crippen molar-refractivity contribution in [2.24, 2.45) is 0 Å². The number of phenolic OH excluding ortho intramolecular Hbond substituents is 1. The van der Waals surface area contributed by atoms with Gasteiger partial charge in [0.2, 0.25) is 0 Å². The number of hydrogen-bond acceptors (Lipinski definition) is 1. The Hall–Kier alpha value is -0.690. The predicted octanol–water partition coefficient (Wildman–Crippen LogP) is 6.43. The van der Waals surface area contributed by atoms with Crippen molar-refractivity contribution in [2.45, 2.75) is 76.5 Å². The van der Waals surface area contributed by atoms with Gasteiger partial charge >= 0.3 is 0 Å². The van der Waals surface area contributed by atoms with Crippen molar-refractivity contribution >= 4 is 11.6 Å². The fraction of sp³-hybridized carbons (Fsp3) is 0.667. The molecule has 1 aliphatic rings. The first kappa shape index (κ1) is 15.7. The lowest BCUT2D eigenvalue weighted by Crippen LogP contribution is -2.00. The number of hydrogen-bond donors (Lipinski definition) is 1. The van der Waals surface area contributed by atoms with Crippen LogP contribution in [0, 0.1) is 0 Å². The maximum absolute atomic E-state index is 9.56. The number of phenols is 1. The van der Waals surface area contributed by atoms with Gasteiger partial charge in [0.15, 0.2) is 0 Å². The minimum Gasteiger partial charge on any atom is -0.506 e. The molecule has 0 spiro atoms. The molecule has 1 fully saturated rings. The van der Waals surface area contributed by atoms with E-state index in [1.165, 1.54) is 76.2 Å². The Bertz CT molecular complexity index is 390. The molecular weight excluding hydrogens is 268 g/mol. The first-order chi connectivity index (χ1) is 9.77. The monoisotopic (exact) mass is 294 g/mol. The molecule has 2 heteroatoms. The van der Waals surface area contributed by atoms with Gasteiger partial charge in [-0.15, -0.1) is 0 Å². The van der Waals surface area contributed by atoms with E-state index in [0.717, 1.165) is 0 Å². The lowest BCUT2D eigenvalue weighted by Gasteiger charge is -2.19. The highest BCUT2D eigenvalue weighted by Gasteiger charge is 2.13. The Kier molecular flexibility index (Phi) is 6.72. The maximum Gasteiger partial charge on any atom is 0.134 e. The summed E-state index contributed by atoms with van der Waals surface area (Å²) < 4.78 is 0. The van der Waals surface area contributed by atoms with Crippen LogP contribution in [0.15, 0.2) is 18.2 Å². The van der Waals surface area contributed by atoms with Gasteiger partial charge in [-0.2, -0.15) is 0 Å². The molecule has 2 rings (SSSR count). The Balaban J connectivity index is 1.99. The highest BCUT2D eigenvalue weighted by molar-refractivity contribution is 6.32. The fourth-order valence-electron chi connectivity index (χ4n) is 3.27. The molecule has 112 valence electrons. The van der Waals surface area contributed by atoms with Crippen LogP contribution in [-0.4, -0.2) is 5.11 Å². The van der Waals surface area contributed by atoms with E-state index in [0.29, 0.717) is 10.9 Å². The van der Waals surface area contributed by atoms with E-state index in [2.05, 4.69) is 6.07 Å². The molecular formula is C18H27ClO. The Morgan fingerprint density at radius 1 is 0.800 bits per heavy atom. The van der Waals surface area contributed by atoms with Gasteiger partial charge in [0.05, 0.1) is 5.02 Å². The van der Waals surface area contributed by atoms with E-state index in [-0.39, 0.29) is 5.75 Å². The van der Waals surface area contributed by atoms with Crippen molar-refractivity contribution in [1.29, 1.82) is 0 Å². The lowest BCUT2D eigenvalue weighted by molar-refractivity contribution is 0.463. The van der Waals surface area contributed by atoms with Crippen molar-refractivity contribution in [3.63, 3.8) is 0 Å². The summed E-state index contributed by atoms with van der Waals surface area (Å²) in [6.07, 6.45) is 14.9. The topological polar surface area (TPSA) is 20.2 Å². The summed E-state index contributed by atoms with van der Waals surface area (Å²) in [6, 6.07) is 5.76. The summed E-state index contributed by atoms with van der Waals surface area (Å²) in [4.78, 5) is 0. The molecule has 0 atom stereocenters. The summed E-state index contributed by atoms with van der Waals surface area (Å²) in [5, 5.41) is 10.1. The molecule has 20 heavy (non-hydrogen) atoms. The molecule has 0 radical (unpaired) electrons. The van der Waals surface area contributed by atoms with Crippen LogP contribution < -0.4 is 0 Å². The largest absolute Gasteiger partial charge is 0.506 e. The van der Waals surface area contributed by atoms with Gasteiger partial charge in [0, 0.05) is 0 Å². The third-order valence-corrected chi connectivity index (χ3v) is 4.85. The van der Waals surface area contributed by atoms with Gasteiger partial charge < -0.3 is 5.11 Å². The number of halogens is 1. The van der Waals surface area contributed by atoms with Gasteiger partial charge in [-0.25, -0.2) is 0 Å². The second-order valence-corrected chi connectivity index (χ2v) is 6.57. The first-order valence-electron chi connectivity index (χ1n) is 8.26. The highest BCUT2D eigenvalue weighted by atomic mass is 35.5. The van der Waals surface area contributed by atoms with Crippen molar-refractivity contribution in [1.82, 2.24) is 0 Å². The average molecular weight is 295 g/mol. The fourth-order valence-corrected chi connectivity index (χ4v) is 3.46. The summed E-state index contributed by atoms with van der Waals surface area (Å²) in [6.45, 7) is 0.